The molecule has 1 fully saturated rings. The molecular formula is C11H23ClN2O2. The monoisotopic (exact) mass is 250 g/mol. The number of hydrogen-bond acceptors (Lipinski definition) is 3. The van der Waals surface area contributed by atoms with Gasteiger partial charge in [0.05, 0.1) is 6.61 Å². The van der Waals surface area contributed by atoms with E-state index in [1.54, 1.807) is 7.11 Å². The summed E-state index contributed by atoms with van der Waals surface area (Å²) in [6.45, 7) is 4.38. The second-order valence-electron chi connectivity index (χ2n) is 4.49. The highest BCUT2D eigenvalue weighted by molar-refractivity contribution is 5.85. The van der Waals surface area contributed by atoms with Crippen LogP contribution in [0.15, 0.2) is 0 Å². The van der Waals surface area contributed by atoms with Gasteiger partial charge in [-0.3, -0.25) is 4.79 Å². The molecule has 4 nitrogen and oxygen atoms in total. The van der Waals surface area contributed by atoms with Crippen molar-refractivity contribution in [2.45, 2.75) is 51.2 Å². The van der Waals surface area contributed by atoms with Crippen LogP contribution >= 0.6 is 12.4 Å². The lowest BCUT2D eigenvalue weighted by Gasteiger charge is -2.41. The normalized spacial score (nSPS) is 17.6. The number of nitrogens with two attached hydrogens (primary N) is 1. The highest BCUT2D eigenvalue weighted by Crippen LogP contribution is 2.26. The third-order valence-corrected chi connectivity index (χ3v) is 2.94. The first kappa shape index (κ1) is 15.7. The quantitative estimate of drug-likeness (QED) is 0.797. The maximum absolute atomic E-state index is 12.0. The van der Waals surface area contributed by atoms with Gasteiger partial charge in [-0.15, -0.1) is 12.4 Å². The molecule has 0 aliphatic heterocycles. The zero-order valence-electron chi connectivity index (χ0n) is 10.3. The van der Waals surface area contributed by atoms with Gasteiger partial charge >= 0.3 is 0 Å². The Morgan fingerprint density at radius 2 is 2.06 bits per heavy atom. The first-order valence-electron chi connectivity index (χ1n) is 5.64. The molecule has 0 heterocycles. The Labute approximate surface area is 104 Å². The summed E-state index contributed by atoms with van der Waals surface area (Å²) < 4.78 is 4.91. The third-order valence-electron chi connectivity index (χ3n) is 2.94. The minimum absolute atomic E-state index is 0. The molecule has 1 unspecified atom stereocenters. The Balaban J connectivity index is 0.00000225. The topological polar surface area (TPSA) is 55.6 Å². The Morgan fingerprint density at radius 3 is 2.38 bits per heavy atom. The van der Waals surface area contributed by atoms with Gasteiger partial charge in [0.25, 0.3) is 0 Å². The fraction of sp³-hybridized carbons (Fsp3) is 0.909. The first-order valence-corrected chi connectivity index (χ1v) is 5.64. The van der Waals surface area contributed by atoms with Gasteiger partial charge in [0, 0.05) is 19.2 Å². The standard InChI is InChI=1S/C11H22N2O2.ClH/c1-8(2)13(9-5-4-6-9)11(14)10(12)7-15-3;/h8-10H,4-7,12H2,1-3H3;1H. The molecule has 0 spiro atoms. The van der Waals surface area contributed by atoms with E-state index in [1.807, 2.05) is 18.7 Å². The summed E-state index contributed by atoms with van der Waals surface area (Å²) in [7, 11) is 1.57. The summed E-state index contributed by atoms with van der Waals surface area (Å²) in [6.07, 6.45) is 3.45. The van der Waals surface area contributed by atoms with Crippen molar-refractivity contribution < 1.29 is 9.53 Å². The van der Waals surface area contributed by atoms with Gasteiger partial charge in [0.1, 0.15) is 6.04 Å². The Morgan fingerprint density at radius 1 is 1.50 bits per heavy atom. The van der Waals surface area contributed by atoms with E-state index in [9.17, 15) is 4.79 Å². The second-order valence-corrected chi connectivity index (χ2v) is 4.49. The number of carbonyl (C=O) groups is 1. The lowest BCUT2D eigenvalue weighted by Crippen LogP contribution is -2.55. The molecule has 0 saturated heterocycles. The molecule has 0 aromatic heterocycles. The van der Waals surface area contributed by atoms with Crippen LogP contribution in [0.4, 0.5) is 0 Å². The number of nitrogens with zero attached hydrogens (tertiary/aromatic N) is 1. The predicted molar refractivity (Wildman–Crippen MR) is 66.7 cm³/mol. The number of ether oxygens (including phenoxy) is 1. The van der Waals surface area contributed by atoms with E-state index in [2.05, 4.69) is 0 Å². The Kier molecular flexibility index (Phi) is 6.95. The number of methoxy groups -OCH3 is 1. The molecule has 1 aliphatic carbocycles. The summed E-state index contributed by atoms with van der Waals surface area (Å²) in [5.74, 6) is 0.0246. The van der Waals surface area contributed by atoms with Crippen molar-refractivity contribution >= 4 is 18.3 Å². The van der Waals surface area contributed by atoms with Crippen LogP contribution < -0.4 is 5.73 Å². The second kappa shape index (κ2) is 7.09. The van der Waals surface area contributed by atoms with Crippen molar-refractivity contribution in [1.82, 2.24) is 4.90 Å². The number of carbonyl (C=O) groups excluding carboxylic acids is 1. The van der Waals surface area contributed by atoms with Crippen LogP contribution in [0.3, 0.4) is 0 Å². The molecule has 0 aromatic rings. The van der Waals surface area contributed by atoms with Crippen LogP contribution in [0, 0.1) is 0 Å². The van der Waals surface area contributed by atoms with Gasteiger partial charge in [-0.2, -0.15) is 0 Å². The number of rotatable bonds is 5. The maximum Gasteiger partial charge on any atom is 0.242 e. The molecule has 0 aromatic carbocycles. The number of halogens is 1. The highest BCUT2D eigenvalue weighted by atomic mass is 35.5. The van der Waals surface area contributed by atoms with Crippen molar-refractivity contribution in [3.8, 4) is 0 Å². The van der Waals surface area contributed by atoms with Gasteiger partial charge in [0.2, 0.25) is 5.91 Å². The zero-order chi connectivity index (χ0) is 11.4. The molecule has 0 radical (unpaired) electrons. The van der Waals surface area contributed by atoms with Crippen molar-refractivity contribution in [3.63, 3.8) is 0 Å². The molecule has 16 heavy (non-hydrogen) atoms. The lowest BCUT2D eigenvalue weighted by atomic mass is 9.90. The van der Waals surface area contributed by atoms with Gasteiger partial charge in [0.15, 0.2) is 0 Å². The zero-order valence-corrected chi connectivity index (χ0v) is 11.1. The molecule has 1 amide bonds. The van der Waals surface area contributed by atoms with Crippen molar-refractivity contribution in [2.75, 3.05) is 13.7 Å². The molecule has 5 heteroatoms. The molecule has 0 bridgehead atoms. The van der Waals surface area contributed by atoms with E-state index in [4.69, 9.17) is 10.5 Å². The lowest BCUT2D eigenvalue weighted by molar-refractivity contribution is -0.140. The van der Waals surface area contributed by atoms with Crippen LogP contribution in [0.1, 0.15) is 33.1 Å². The van der Waals surface area contributed by atoms with Crippen molar-refractivity contribution in [2.24, 2.45) is 5.73 Å². The largest absolute Gasteiger partial charge is 0.383 e. The summed E-state index contributed by atoms with van der Waals surface area (Å²) in [5, 5.41) is 0. The van der Waals surface area contributed by atoms with Gasteiger partial charge in [-0.05, 0) is 33.1 Å². The van der Waals surface area contributed by atoms with E-state index >= 15 is 0 Å². The maximum atomic E-state index is 12.0. The Bertz CT molecular complexity index is 220. The summed E-state index contributed by atoms with van der Waals surface area (Å²) in [6, 6.07) is 0.115. The molecule has 2 N–H and O–H groups in total. The molecule has 1 rings (SSSR count). The molecule has 1 atom stereocenters. The predicted octanol–water partition coefficient (Wildman–Crippen LogP) is 1.17. The average molecular weight is 251 g/mol. The summed E-state index contributed by atoms with van der Waals surface area (Å²) >= 11 is 0. The van der Waals surface area contributed by atoms with Crippen LogP contribution in [0.25, 0.3) is 0 Å². The van der Waals surface area contributed by atoms with E-state index in [0.717, 1.165) is 12.8 Å². The highest BCUT2D eigenvalue weighted by Gasteiger charge is 2.32. The van der Waals surface area contributed by atoms with E-state index in [0.29, 0.717) is 12.6 Å². The SMILES string of the molecule is COCC(N)C(=O)N(C(C)C)C1CCC1.Cl. The first-order chi connectivity index (χ1) is 7.07. The molecule has 1 saturated carbocycles. The smallest absolute Gasteiger partial charge is 0.242 e. The van der Waals surface area contributed by atoms with E-state index in [1.165, 1.54) is 6.42 Å². The fourth-order valence-electron chi connectivity index (χ4n) is 1.96. The van der Waals surface area contributed by atoms with Gasteiger partial charge in [-0.1, -0.05) is 0 Å². The number of hydrogen-bond donors (Lipinski definition) is 1. The minimum atomic E-state index is -0.516. The van der Waals surface area contributed by atoms with Crippen LogP contribution in [-0.4, -0.2) is 42.6 Å². The van der Waals surface area contributed by atoms with Gasteiger partial charge < -0.3 is 15.4 Å². The Hall–Kier alpha value is -0.320. The number of amides is 1. The van der Waals surface area contributed by atoms with Crippen molar-refractivity contribution in [1.29, 1.82) is 0 Å². The molecular weight excluding hydrogens is 228 g/mol. The van der Waals surface area contributed by atoms with E-state index < -0.39 is 6.04 Å². The third kappa shape index (κ3) is 3.61. The van der Waals surface area contributed by atoms with Crippen LogP contribution in [0.5, 0.6) is 0 Å². The summed E-state index contributed by atoms with van der Waals surface area (Å²) in [5.41, 5.74) is 5.77. The van der Waals surface area contributed by atoms with E-state index in [-0.39, 0.29) is 24.4 Å². The van der Waals surface area contributed by atoms with Crippen LogP contribution in [-0.2, 0) is 9.53 Å². The van der Waals surface area contributed by atoms with Crippen molar-refractivity contribution in [3.05, 3.63) is 0 Å². The molecule has 1 aliphatic rings. The minimum Gasteiger partial charge on any atom is -0.383 e. The molecule has 96 valence electrons. The fourth-order valence-corrected chi connectivity index (χ4v) is 1.96. The van der Waals surface area contributed by atoms with Crippen LogP contribution in [0.2, 0.25) is 0 Å². The van der Waals surface area contributed by atoms with Gasteiger partial charge in [-0.25, -0.2) is 0 Å². The summed E-state index contributed by atoms with van der Waals surface area (Å²) in [4.78, 5) is 14.0. The average Bonchev–Trinajstić information content (AvgIpc) is 2.09.